The lowest BCUT2D eigenvalue weighted by Gasteiger charge is -2.28. The predicted molar refractivity (Wildman–Crippen MR) is 123 cm³/mol. The quantitative estimate of drug-likeness (QED) is 0.474. The van der Waals surface area contributed by atoms with Crippen molar-refractivity contribution in [3.05, 3.63) is 71.2 Å². The van der Waals surface area contributed by atoms with Crippen LogP contribution < -0.4 is 9.80 Å². The topological polar surface area (TPSA) is 58.8 Å². The van der Waals surface area contributed by atoms with Gasteiger partial charge in [-0.25, -0.2) is 0 Å². The van der Waals surface area contributed by atoms with Crippen molar-refractivity contribution in [3.8, 4) is 11.4 Å². The Morgan fingerprint density at radius 3 is 2.58 bits per heavy atom. The van der Waals surface area contributed by atoms with Gasteiger partial charge in [0.1, 0.15) is 5.82 Å². The molecule has 0 unspecified atom stereocenters. The van der Waals surface area contributed by atoms with Gasteiger partial charge in [0.05, 0.1) is 13.2 Å². The Morgan fingerprint density at radius 2 is 1.81 bits per heavy atom. The molecule has 0 N–H and O–H groups in total. The number of hydrogen-bond acceptors (Lipinski definition) is 6. The molecule has 4 aromatic rings. The second-order valence-corrected chi connectivity index (χ2v) is 8.05. The van der Waals surface area contributed by atoms with Crippen molar-refractivity contribution in [3.63, 3.8) is 0 Å². The lowest BCUT2D eigenvalue weighted by molar-refractivity contribution is 0.122. The minimum atomic E-state index is 0.699. The van der Waals surface area contributed by atoms with Crippen LogP contribution in [-0.4, -0.2) is 53.2 Å². The molecule has 1 fully saturated rings. The summed E-state index contributed by atoms with van der Waals surface area (Å²) in [5.41, 5.74) is 4.01. The zero-order valence-electron chi connectivity index (χ0n) is 17.3. The van der Waals surface area contributed by atoms with Crippen molar-refractivity contribution in [2.45, 2.75) is 6.54 Å². The summed E-state index contributed by atoms with van der Waals surface area (Å²) in [6.07, 6.45) is 0. The average molecular weight is 435 g/mol. The molecule has 0 spiro atoms. The Balaban J connectivity index is 1.41. The van der Waals surface area contributed by atoms with Crippen LogP contribution in [0.3, 0.4) is 0 Å². The lowest BCUT2D eigenvalue weighted by atomic mass is 10.2. The maximum atomic E-state index is 6.12. The second-order valence-electron chi connectivity index (χ2n) is 7.62. The molecule has 0 aliphatic carbocycles. The molecule has 0 amide bonds. The number of benzene rings is 2. The molecule has 31 heavy (non-hydrogen) atoms. The maximum Gasteiger partial charge on any atom is 0.185 e. The number of halogens is 1. The van der Waals surface area contributed by atoms with Crippen LogP contribution >= 0.6 is 11.6 Å². The molecule has 5 rings (SSSR count). The maximum absolute atomic E-state index is 6.12. The monoisotopic (exact) mass is 434 g/mol. The number of anilines is 2. The van der Waals surface area contributed by atoms with Crippen LogP contribution in [0.5, 0.6) is 0 Å². The third-order valence-electron chi connectivity index (χ3n) is 5.45. The Kier molecular flexibility index (Phi) is 5.44. The molecular formula is C23H23ClN6O. The van der Waals surface area contributed by atoms with Crippen LogP contribution in [0.15, 0.2) is 60.7 Å². The second kappa shape index (κ2) is 8.53. The van der Waals surface area contributed by atoms with Crippen LogP contribution in [0, 0.1) is 0 Å². The van der Waals surface area contributed by atoms with E-state index in [2.05, 4.69) is 50.3 Å². The third-order valence-corrected chi connectivity index (χ3v) is 5.69. The van der Waals surface area contributed by atoms with Crippen LogP contribution in [0.1, 0.15) is 5.56 Å². The van der Waals surface area contributed by atoms with Crippen molar-refractivity contribution in [2.24, 2.45) is 0 Å². The largest absolute Gasteiger partial charge is 0.378 e. The highest BCUT2D eigenvalue weighted by atomic mass is 35.5. The summed E-state index contributed by atoms with van der Waals surface area (Å²) in [7, 11) is 2.01. The molecule has 2 aromatic carbocycles. The third kappa shape index (κ3) is 4.19. The molecule has 0 bridgehead atoms. The Bertz CT molecular complexity index is 1190. The smallest absolute Gasteiger partial charge is 0.185 e. The summed E-state index contributed by atoms with van der Waals surface area (Å²) in [5.74, 6) is 1.56. The fraction of sp³-hybridized carbons (Fsp3) is 0.261. The van der Waals surface area contributed by atoms with E-state index in [4.69, 9.17) is 21.4 Å². The van der Waals surface area contributed by atoms with E-state index in [1.165, 1.54) is 5.69 Å². The number of ether oxygens (including phenoxy) is 1. The predicted octanol–water partition coefficient (Wildman–Crippen LogP) is 3.92. The van der Waals surface area contributed by atoms with Crippen molar-refractivity contribution in [1.29, 1.82) is 0 Å². The summed E-state index contributed by atoms with van der Waals surface area (Å²) in [5, 5.41) is 14.2. The number of fused-ring (bicyclic) bond motifs is 1. The lowest BCUT2D eigenvalue weighted by Crippen LogP contribution is -2.36. The van der Waals surface area contributed by atoms with E-state index in [0.717, 1.165) is 54.1 Å². The summed E-state index contributed by atoms with van der Waals surface area (Å²) in [6.45, 7) is 4.07. The SMILES string of the molecule is CN(Cc1cccc(Cl)c1)c1ccc2nnc(-c3ccc(N4CCOCC4)cc3)n2n1. The fourth-order valence-electron chi connectivity index (χ4n) is 3.80. The van der Waals surface area contributed by atoms with Crippen LogP contribution in [-0.2, 0) is 11.3 Å². The molecule has 158 valence electrons. The molecule has 7 nitrogen and oxygen atoms in total. The zero-order valence-corrected chi connectivity index (χ0v) is 18.0. The van der Waals surface area contributed by atoms with Gasteiger partial charge in [-0.1, -0.05) is 23.7 Å². The molecule has 1 aliphatic heterocycles. The van der Waals surface area contributed by atoms with Gasteiger partial charge in [0.25, 0.3) is 0 Å². The Hall–Kier alpha value is -3.16. The highest BCUT2D eigenvalue weighted by Gasteiger charge is 2.14. The first-order valence-corrected chi connectivity index (χ1v) is 10.7. The van der Waals surface area contributed by atoms with E-state index in [-0.39, 0.29) is 0 Å². The van der Waals surface area contributed by atoms with E-state index < -0.39 is 0 Å². The molecule has 8 heteroatoms. The van der Waals surface area contributed by atoms with Gasteiger partial charge in [-0.15, -0.1) is 15.3 Å². The minimum Gasteiger partial charge on any atom is -0.378 e. The van der Waals surface area contributed by atoms with Crippen molar-refractivity contribution in [1.82, 2.24) is 19.8 Å². The summed E-state index contributed by atoms with van der Waals surface area (Å²) in [6, 6.07) is 20.2. The van der Waals surface area contributed by atoms with Gasteiger partial charge >= 0.3 is 0 Å². The van der Waals surface area contributed by atoms with Gasteiger partial charge in [0.2, 0.25) is 0 Å². The van der Waals surface area contributed by atoms with Gasteiger partial charge in [-0.2, -0.15) is 4.52 Å². The van der Waals surface area contributed by atoms with E-state index in [1.807, 2.05) is 37.4 Å². The normalized spacial score (nSPS) is 14.2. The minimum absolute atomic E-state index is 0.699. The van der Waals surface area contributed by atoms with Gasteiger partial charge < -0.3 is 14.5 Å². The highest BCUT2D eigenvalue weighted by Crippen LogP contribution is 2.24. The van der Waals surface area contributed by atoms with Crippen LogP contribution in [0.2, 0.25) is 5.02 Å². The number of nitrogens with zero attached hydrogens (tertiary/aromatic N) is 6. The van der Waals surface area contributed by atoms with Gasteiger partial charge in [0.15, 0.2) is 11.5 Å². The van der Waals surface area contributed by atoms with Crippen LogP contribution in [0.25, 0.3) is 17.0 Å². The average Bonchev–Trinajstić information content (AvgIpc) is 3.23. The number of morpholine rings is 1. The molecule has 0 atom stereocenters. The fourth-order valence-corrected chi connectivity index (χ4v) is 4.01. The Labute approximate surface area is 185 Å². The van der Waals surface area contributed by atoms with Gasteiger partial charge in [-0.3, -0.25) is 0 Å². The van der Waals surface area contributed by atoms with Crippen molar-refractivity contribution < 1.29 is 4.74 Å². The van der Waals surface area contributed by atoms with Crippen molar-refractivity contribution in [2.75, 3.05) is 43.2 Å². The first kappa shape index (κ1) is 19.8. The van der Waals surface area contributed by atoms with E-state index in [1.54, 1.807) is 4.52 Å². The number of aromatic nitrogens is 4. The van der Waals surface area contributed by atoms with E-state index in [0.29, 0.717) is 12.2 Å². The van der Waals surface area contributed by atoms with Gasteiger partial charge in [-0.05, 0) is 54.1 Å². The summed E-state index contributed by atoms with van der Waals surface area (Å²) in [4.78, 5) is 4.41. The number of rotatable bonds is 5. The zero-order chi connectivity index (χ0) is 21.2. The van der Waals surface area contributed by atoms with Crippen molar-refractivity contribution >= 4 is 28.8 Å². The molecular weight excluding hydrogens is 412 g/mol. The van der Waals surface area contributed by atoms with Gasteiger partial charge in [0, 0.05) is 43.0 Å². The molecule has 2 aromatic heterocycles. The van der Waals surface area contributed by atoms with E-state index >= 15 is 0 Å². The summed E-state index contributed by atoms with van der Waals surface area (Å²) >= 11 is 6.12. The highest BCUT2D eigenvalue weighted by molar-refractivity contribution is 6.30. The summed E-state index contributed by atoms with van der Waals surface area (Å²) < 4.78 is 7.24. The molecule has 0 saturated carbocycles. The number of hydrogen-bond donors (Lipinski definition) is 0. The standard InChI is InChI=1S/C23H23ClN6O/c1-28(16-17-3-2-4-19(24)15-17)22-10-9-21-25-26-23(30(21)27-22)18-5-7-20(8-6-18)29-11-13-31-14-12-29/h2-10,15H,11-14,16H2,1H3. The molecule has 1 saturated heterocycles. The molecule has 1 aliphatic rings. The first-order valence-electron chi connectivity index (χ1n) is 10.3. The Morgan fingerprint density at radius 1 is 1.00 bits per heavy atom. The first-order chi connectivity index (χ1) is 15.2. The van der Waals surface area contributed by atoms with Crippen LogP contribution in [0.4, 0.5) is 11.5 Å². The molecule has 3 heterocycles. The molecule has 0 radical (unpaired) electrons. The van der Waals surface area contributed by atoms with E-state index in [9.17, 15) is 0 Å².